The molecule has 0 aliphatic rings. The Bertz CT molecular complexity index is 721. The largest absolute Gasteiger partial charge is 0.481 e. The number of hydrogen-bond acceptors (Lipinski definition) is 2. The molecule has 24 heavy (non-hydrogen) atoms. The fraction of sp³-hybridized carbons (Fsp3) is 0.263. The summed E-state index contributed by atoms with van der Waals surface area (Å²) in [6, 6.07) is 11.3. The molecule has 1 amide bonds. The molecule has 0 radical (unpaired) electrons. The number of nitrogens with one attached hydrogen (secondary N) is 1. The molecule has 0 aliphatic heterocycles. The molecule has 0 unspecified atom stereocenters. The van der Waals surface area contributed by atoms with E-state index in [1.807, 2.05) is 32.0 Å². The van der Waals surface area contributed by atoms with E-state index < -0.39 is 17.7 Å². The number of aryl methyl sites for hydroxylation is 2. The van der Waals surface area contributed by atoms with E-state index in [1.54, 1.807) is 0 Å². The van der Waals surface area contributed by atoms with Gasteiger partial charge in [0.2, 0.25) is 5.91 Å². The van der Waals surface area contributed by atoms with Crippen molar-refractivity contribution in [2.45, 2.75) is 26.7 Å². The molecule has 0 aliphatic carbocycles. The third-order valence-corrected chi connectivity index (χ3v) is 3.67. The zero-order valence-electron chi connectivity index (χ0n) is 13.7. The lowest BCUT2D eigenvalue weighted by Crippen LogP contribution is -2.27. The molecule has 126 valence electrons. The highest BCUT2D eigenvalue weighted by atomic mass is 19.1. The van der Waals surface area contributed by atoms with Gasteiger partial charge in [0.05, 0.1) is 12.3 Å². The highest BCUT2D eigenvalue weighted by molar-refractivity contribution is 5.94. The first kappa shape index (κ1) is 17.7. The van der Waals surface area contributed by atoms with Gasteiger partial charge in [0, 0.05) is 5.69 Å². The fourth-order valence-electron chi connectivity index (χ4n) is 2.72. The van der Waals surface area contributed by atoms with Crippen LogP contribution in [-0.4, -0.2) is 17.0 Å². The van der Waals surface area contributed by atoms with Crippen LogP contribution in [0.25, 0.3) is 0 Å². The van der Waals surface area contributed by atoms with Crippen LogP contribution in [-0.2, 0) is 16.0 Å². The lowest BCUT2D eigenvalue weighted by Gasteiger charge is -2.16. The molecule has 5 heteroatoms. The van der Waals surface area contributed by atoms with Gasteiger partial charge < -0.3 is 10.4 Å². The summed E-state index contributed by atoms with van der Waals surface area (Å²) in [4.78, 5) is 23.5. The van der Waals surface area contributed by atoms with E-state index in [1.165, 1.54) is 24.3 Å². The van der Waals surface area contributed by atoms with Crippen LogP contribution in [0, 0.1) is 25.6 Å². The maximum atomic E-state index is 12.9. The van der Waals surface area contributed by atoms with Gasteiger partial charge >= 0.3 is 5.97 Å². The van der Waals surface area contributed by atoms with Gasteiger partial charge in [-0.15, -0.1) is 0 Å². The van der Waals surface area contributed by atoms with E-state index in [2.05, 4.69) is 5.32 Å². The van der Waals surface area contributed by atoms with Crippen LogP contribution in [0.5, 0.6) is 0 Å². The van der Waals surface area contributed by atoms with Gasteiger partial charge in [0.1, 0.15) is 5.82 Å². The molecule has 0 saturated carbocycles. The number of amides is 1. The van der Waals surface area contributed by atoms with Crippen molar-refractivity contribution in [3.8, 4) is 0 Å². The molecule has 0 fully saturated rings. The predicted molar refractivity (Wildman–Crippen MR) is 90.4 cm³/mol. The number of benzene rings is 2. The van der Waals surface area contributed by atoms with Gasteiger partial charge in [-0.3, -0.25) is 9.59 Å². The van der Waals surface area contributed by atoms with Gasteiger partial charge in [-0.1, -0.05) is 29.3 Å². The summed E-state index contributed by atoms with van der Waals surface area (Å²) in [6.07, 6.45) is 0.0713. The summed E-state index contributed by atoms with van der Waals surface area (Å²) >= 11 is 0. The van der Waals surface area contributed by atoms with Crippen molar-refractivity contribution in [3.05, 3.63) is 65.0 Å². The number of carboxylic acids is 1. The highest BCUT2D eigenvalue weighted by Gasteiger charge is 2.22. The van der Waals surface area contributed by atoms with Crippen molar-refractivity contribution in [3.63, 3.8) is 0 Å². The van der Waals surface area contributed by atoms with Gasteiger partial charge in [-0.2, -0.15) is 0 Å². The average Bonchev–Trinajstić information content (AvgIpc) is 2.47. The summed E-state index contributed by atoms with van der Waals surface area (Å²) in [7, 11) is 0. The first-order chi connectivity index (χ1) is 11.3. The molecule has 2 N–H and O–H groups in total. The molecule has 4 nitrogen and oxygen atoms in total. The van der Waals surface area contributed by atoms with E-state index in [4.69, 9.17) is 5.11 Å². The Morgan fingerprint density at radius 3 is 2.21 bits per heavy atom. The second-order valence-corrected chi connectivity index (χ2v) is 5.99. The SMILES string of the molecule is Cc1cc(C)cc(C[C@H](CC(=O)O)C(=O)Nc2ccc(F)cc2)c1. The third-order valence-electron chi connectivity index (χ3n) is 3.67. The molecular formula is C19H20FNO3. The van der Waals surface area contributed by atoms with Gasteiger partial charge in [0.15, 0.2) is 0 Å². The zero-order chi connectivity index (χ0) is 17.7. The summed E-state index contributed by atoms with van der Waals surface area (Å²) in [6.45, 7) is 3.92. The number of hydrogen-bond donors (Lipinski definition) is 2. The minimum atomic E-state index is -1.03. The summed E-state index contributed by atoms with van der Waals surface area (Å²) in [5.41, 5.74) is 3.50. The molecule has 0 bridgehead atoms. The zero-order valence-corrected chi connectivity index (χ0v) is 13.7. The van der Waals surface area contributed by atoms with Crippen molar-refractivity contribution in [1.82, 2.24) is 0 Å². The van der Waals surface area contributed by atoms with Crippen LogP contribution in [0.2, 0.25) is 0 Å². The van der Waals surface area contributed by atoms with E-state index >= 15 is 0 Å². The molecule has 0 heterocycles. The van der Waals surface area contributed by atoms with Crippen LogP contribution in [0.4, 0.5) is 10.1 Å². The fourth-order valence-corrected chi connectivity index (χ4v) is 2.72. The average molecular weight is 329 g/mol. The number of carbonyl (C=O) groups is 2. The Hall–Kier alpha value is -2.69. The van der Waals surface area contributed by atoms with Crippen molar-refractivity contribution >= 4 is 17.6 Å². The van der Waals surface area contributed by atoms with E-state index in [-0.39, 0.29) is 12.3 Å². The standard InChI is InChI=1S/C19H20FNO3/c1-12-7-13(2)9-14(8-12)10-15(11-18(22)23)19(24)21-17-5-3-16(20)4-6-17/h3-9,15H,10-11H2,1-2H3,(H,21,24)(H,22,23)/t15-/m1/s1. The number of aliphatic carboxylic acids is 1. The molecule has 2 aromatic carbocycles. The minimum absolute atomic E-state index is 0.264. The maximum absolute atomic E-state index is 12.9. The number of rotatable bonds is 6. The Kier molecular flexibility index (Phi) is 5.68. The topological polar surface area (TPSA) is 66.4 Å². The summed E-state index contributed by atoms with van der Waals surface area (Å²) in [5.74, 6) is -2.51. The van der Waals surface area contributed by atoms with Gasteiger partial charge in [-0.05, 0) is 50.1 Å². The van der Waals surface area contributed by atoms with Crippen molar-refractivity contribution in [1.29, 1.82) is 0 Å². The first-order valence-corrected chi connectivity index (χ1v) is 7.69. The molecule has 1 atom stereocenters. The quantitative estimate of drug-likeness (QED) is 0.849. The van der Waals surface area contributed by atoms with Crippen LogP contribution < -0.4 is 5.32 Å². The lowest BCUT2D eigenvalue weighted by molar-refractivity contribution is -0.140. The maximum Gasteiger partial charge on any atom is 0.304 e. The number of halogens is 1. The minimum Gasteiger partial charge on any atom is -0.481 e. The molecule has 0 saturated heterocycles. The smallest absolute Gasteiger partial charge is 0.304 e. The van der Waals surface area contributed by atoms with Crippen LogP contribution >= 0.6 is 0 Å². The van der Waals surface area contributed by atoms with E-state index in [0.717, 1.165) is 16.7 Å². The predicted octanol–water partition coefficient (Wildman–Crippen LogP) is 3.71. The normalized spacial score (nSPS) is 11.8. The second kappa shape index (κ2) is 7.73. The van der Waals surface area contributed by atoms with Crippen molar-refractivity contribution in [2.24, 2.45) is 5.92 Å². The first-order valence-electron chi connectivity index (χ1n) is 7.69. The van der Waals surface area contributed by atoms with Gasteiger partial charge in [0.25, 0.3) is 0 Å². The molecule has 0 spiro atoms. The lowest BCUT2D eigenvalue weighted by atomic mass is 9.93. The van der Waals surface area contributed by atoms with Crippen LogP contribution in [0.1, 0.15) is 23.1 Å². The Balaban J connectivity index is 2.15. The number of carbonyl (C=O) groups excluding carboxylic acids is 1. The Morgan fingerprint density at radius 2 is 1.67 bits per heavy atom. The highest BCUT2D eigenvalue weighted by Crippen LogP contribution is 2.18. The van der Waals surface area contributed by atoms with Gasteiger partial charge in [-0.25, -0.2) is 4.39 Å². The molecule has 2 aromatic rings. The van der Waals surface area contributed by atoms with Crippen molar-refractivity contribution in [2.75, 3.05) is 5.32 Å². The summed E-state index contributed by atoms with van der Waals surface area (Å²) in [5, 5.41) is 11.7. The molecule has 2 rings (SSSR count). The van der Waals surface area contributed by atoms with Crippen molar-refractivity contribution < 1.29 is 19.1 Å². The van der Waals surface area contributed by atoms with Crippen LogP contribution in [0.3, 0.4) is 0 Å². The van der Waals surface area contributed by atoms with Crippen LogP contribution in [0.15, 0.2) is 42.5 Å². The van der Waals surface area contributed by atoms with E-state index in [0.29, 0.717) is 12.1 Å². The summed E-state index contributed by atoms with van der Waals surface area (Å²) < 4.78 is 12.9. The number of anilines is 1. The third kappa shape index (κ3) is 5.19. The molecule has 0 aromatic heterocycles. The van der Waals surface area contributed by atoms with E-state index in [9.17, 15) is 14.0 Å². The Morgan fingerprint density at radius 1 is 1.08 bits per heavy atom. The molecular weight excluding hydrogens is 309 g/mol. The number of carboxylic acid groups (broad SMARTS) is 1. The second-order valence-electron chi connectivity index (χ2n) is 5.99. The monoisotopic (exact) mass is 329 g/mol. The Labute approximate surface area is 140 Å².